The average molecular weight is 291 g/mol. The molecule has 1 aromatic rings. The molecule has 0 saturated carbocycles. The number of likely N-dealkylation sites (tertiary alicyclic amines) is 1. The number of carbonyl (C=O) groups excluding carboxylic acids is 1. The number of hydrogen-bond donors (Lipinski definition) is 1. The number of hydrogen-bond acceptors (Lipinski definition) is 4. The van der Waals surface area contributed by atoms with Gasteiger partial charge in [0.1, 0.15) is 12.4 Å². The number of piperidine rings is 1. The second kappa shape index (κ2) is 7.43. The number of likely N-dealkylation sites (N-methyl/N-ethyl adjacent to an activating group) is 1. The summed E-state index contributed by atoms with van der Waals surface area (Å²) in [4.78, 5) is 16.5. The Labute approximate surface area is 126 Å². The number of benzene rings is 1. The van der Waals surface area contributed by atoms with Crippen LogP contribution in [0.3, 0.4) is 0 Å². The van der Waals surface area contributed by atoms with E-state index in [4.69, 9.17) is 10.5 Å². The van der Waals surface area contributed by atoms with Crippen molar-refractivity contribution in [2.24, 2.45) is 5.73 Å². The number of amides is 1. The summed E-state index contributed by atoms with van der Waals surface area (Å²) < 4.78 is 5.77. The summed E-state index contributed by atoms with van der Waals surface area (Å²) in [5.74, 6) is 0.675. The highest BCUT2D eigenvalue weighted by molar-refractivity contribution is 5.97. The van der Waals surface area contributed by atoms with Crippen molar-refractivity contribution in [2.45, 2.75) is 18.9 Å². The van der Waals surface area contributed by atoms with Crippen LogP contribution in [0.4, 0.5) is 0 Å². The summed E-state index contributed by atoms with van der Waals surface area (Å²) in [5.41, 5.74) is 6.59. The van der Waals surface area contributed by atoms with E-state index in [1.807, 2.05) is 48.2 Å². The van der Waals surface area contributed by atoms with Crippen LogP contribution in [0, 0.1) is 0 Å². The predicted molar refractivity (Wildman–Crippen MR) is 83.6 cm³/mol. The van der Waals surface area contributed by atoms with Crippen molar-refractivity contribution in [3.05, 3.63) is 29.8 Å². The van der Waals surface area contributed by atoms with Gasteiger partial charge in [-0.1, -0.05) is 12.1 Å². The molecule has 0 unspecified atom stereocenters. The molecule has 1 amide bonds. The third-order valence-corrected chi connectivity index (χ3v) is 3.66. The molecule has 0 aromatic heterocycles. The zero-order valence-corrected chi connectivity index (χ0v) is 12.9. The van der Waals surface area contributed by atoms with Gasteiger partial charge in [-0.3, -0.25) is 4.79 Å². The molecule has 2 rings (SSSR count). The largest absolute Gasteiger partial charge is 0.491 e. The van der Waals surface area contributed by atoms with Crippen LogP contribution in [0.15, 0.2) is 24.3 Å². The number of carbonyl (C=O) groups is 1. The minimum absolute atomic E-state index is 0.0191. The van der Waals surface area contributed by atoms with Gasteiger partial charge < -0.3 is 20.3 Å². The Morgan fingerprint density at radius 2 is 2.19 bits per heavy atom. The average Bonchev–Trinajstić information content (AvgIpc) is 2.47. The smallest absolute Gasteiger partial charge is 0.257 e. The molecule has 116 valence electrons. The van der Waals surface area contributed by atoms with Gasteiger partial charge in [-0.25, -0.2) is 0 Å². The van der Waals surface area contributed by atoms with Gasteiger partial charge in [0.2, 0.25) is 0 Å². The lowest BCUT2D eigenvalue weighted by molar-refractivity contribution is 0.0704. The molecule has 0 bridgehead atoms. The Morgan fingerprint density at radius 3 is 2.90 bits per heavy atom. The first kappa shape index (κ1) is 15.8. The number of ether oxygens (including phenoxy) is 1. The molecule has 2 N–H and O–H groups in total. The second-order valence-corrected chi connectivity index (χ2v) is 5.80. The zero-order valence-electron chi connectivity index (χ0n) is 12.9. The molecule has 5 heteroatoms. The fourth-order valence-electron chi connectivity index (χ4n) is 2.47. The Bertz CT molecular complexity index is 476. The Morgan fingerprint density at radius 1 is 1.43 bits per heavy atom. The summed E-state index contributed by atoms with van der Waals surface area (Å²) >= 11 is 0. The third-order valence-electron chi connectivity index (χ3n) is 3.66. The predicted octanol–water partition coefficient (Wildman–Crippen LogP) is 1.19. The first-order valence-corrected chi connectivity index (χ1v) is 7.49. The highest BCUT2D eigenvalue weighted by atomic mass is 16.5. The van der Waals surface area contributed by atoms with Gasteiger partial charge >= 0.3 is 0 Å². The summed E-state index contributed by atoms with van der Waals surface area (Å²) in [6.45, 7) is 2.79. The lowest BCUT2D eigenvalue weighted by Gasteiger charge is -2.31. The normalized spacial score (nSPS) is 18.9. The molecule has 5 nitrogen and oxygen atoms in total. The van der Waals surface area contributed by atoms with Gasteiger partial charge in [-0.15, -0.1) is 0 Å². The highest BCUT2D eigenvalue weighted by Crippen LogP contribution is 2.21. The Kier molecular flexibility index (Phi) is 5.59. The van der Waals surface area contributed by atoms with Gasteiger partial charge in [-0.2, -0.15) is 0 Å². The molecule has 1 saturated heterocycles. The first-order valence-electron chi connectivity index (χ1n) is 7.49. The summed E-state index contributed by atoms with van der Waals surface area (Å²) in [5, 5.41) is 0. The van der Waals surface area contributed by atoms with Crippen LogP contribution in [0.5, 0.6) is 5.75 Å². The van der Waals surface area contributed by atoms with Crippen LogP contribution in [0.25, 0.3) is 0 Å². The first-order chi connectivity index (χ1) is 10.1. The number of nitrogens with two attached hydrogens (primary N) is 1. The molecule has 1 aliphatic heterocycles. The molecule has 1 atom stereocenters. The molecule has 1 aliphatic rings. The van der Waals surface area contributed by atoms with Crippen molar-refractivity contribution < 1.29 is 9.53 Å². The fraction of sp³-hybridized carbons (Fsp3) is 0.562. The van der Waals surface area contributed by atoms with Crippen molar-refractivity contribution in [2.75, 3.05) is 40.3 Å². The van der Waals surface area contributed by atoms with Gasteiger partial charge in [0.05, 0.1) is 5.56 Å². The lowest BCUT2D eigenvalue weighted by atomic mass is 10.0. The molecular weight excluding hydrogens is 266 g/mol. The molecule has 21 heavy (non-hydrogen) atoms. The van der Waals surface area contributed by atoms with Crippen LogP contribution >= 0.6 is 0 Å². The summed E-state index contributed by atoms with van der Waals surface area (Å²) in [7, 11) is 3.99. The van der Waals surface area contributed by atoms with Gasteiger partial charge in [-0.05, 0) is 39.1 Å². The van der Waals surface area contributed by atoms with Crippen molar-refractivity contribution in [3.8, 4) is 5.75 Å². The van der Waals surface area contributed by atoms with E-state index in [0.29, 0.717) is 24.5 Å². The monoisotopic (exact) mass is 291 g/mol. The van der Waals surface area contributed by atoms with Crippen LogP contribution in [0.2, 0.25) is 0 Å². The molecule has 0 radical (unpaired) electrons. The van der Waals surface area contributed by atoms with E-state index in [1.165, 1.54) is 0 Å². The summed E-state index contributed by atoms with van der Waals surface area (Å²) in [6, 6.07) is 7.53. The molecule has 1 heterocycles. The van der Waals surface area contributed by atoms with Crippen molar-refractivity contribution >= 4 is 5.91 Å². The van der Waals surface area contributed by atoms with Crippen LogP contribution in [0.1, 0.15) is 23.2 Å². The molecule has 1 fully saturated rings. The van der Waals surface area contributed by atoms with Gasteiger partial charge in [0, 0.05) is 25.7 Å². The van der Waals surface area contributed by atoms with E-state index in [9.17, 15) is 4.79 Å². The molecule has 1 aromatic carbocycles. The van der Waals surface area contributed by atoms with Crippen molar-refractivity contribution in [1.82, 2.24) is 9.80 Å². The standard InChI is InChI=1S/C16H25N3O2/c1-18(2)10-11-21-15-8-4-3-7-14(15)16(20)19-9-5-6-13(17)12-19/h3-4,7-8,13H,5-6,9-12,17H2,1-2H3/t13-/m0/s1. The SMILES string of the molecule is CN(C)CCOc1ccccc1C(=O)N1CCC[C@H](N)C1. The second-order valence-electron chi connectivity index (χ2n) is 5.80. The van der Waals surface area contributed by atoms with Crippen LogP contribution in [-0.2, 0) is 0 Å². The molecule has 0 spiro atoms. The lowest BCUT2D eigenvalue weighted by Crippen LogP contribution is -2.45. The van der Waals surface area contributed by atoms with E-state index >= 15 is 0 Å². The maximum atomic E-state index is 12.6. The Balaban J connectivity index is 2.05. The van der Waals surface area contributed by atoms with Gasteiger partial charge in [0.25, 0.3) is 5.91 Å². The summed E-state index contributed by atoms with van der Waals surface area (Å²) in [6.07, 6.45) is 1.96. The maximum Gasteiger partial charge on any atom is 0.257 e. The van der Waals surface area contributed by atoms with Crippen molar-refractivity contribution in [3.63, 3.8) is 0 Å². The van der Waals surface area contributed by atoms with E-state index < -0.39 is 0 Å². The zero-order chi connectivity index (χ0) is 15.2. The quantitative estimate of drug-likeness (QED) is 0.885. The number of rotatable bonds is 5. The van der Waals surface area contributed by atoms with Crippen molar-refractivity contribution in [1.29, 1.82) is 0 Å². The van der Waals surface area contributed by atoms with Crippen LogP contribution < -0.4 is 10.5 Å². The van der Waals surface area contributed by atoms with E-state index in [0.717, 1.165) is 25.9 Å². The number of para-hydroxylation sites is 1. The number of nitrogens with zero attached hydrogens (tertiary/aromatic N) is 2. The maximum absolute atomic E-state index is 12.6. The molecule has 0 aliphatic carbocycles. The minimum atomic E-state index is 0.0191. The van der Waals surface area contributed by atoms with Crippen LogP contribution in [-0.4, -0.2) is 62.1 Å². The highest BCUT2D eigenvalue weighted by Gasteiger charge is 2.24. The molecular formula is C16H25N3O2. The van der Waals surface area contributed by atoms with E-state index in [2.05, 4.69) is 0 Å². The topological polar surface area (TPSA) is 58.8 Å². The fourth-order valence-corrected chi connectivity index (χ4v) is 2.47. The Hall–Kier alpha value is -1.59. The minimum Gasteiger partial charge on any atom is -0.491 e. The third kappa shape index (κ3) is 4.44. The van der Waals surface area contributed by atoms with E-state index in [1.54, 1.807) is 0 Å². The van der Waals surface area contributed by atoms with Gasteiger partial charge in [0.15, 0.2) is 0 Å². The van der Waals surface area contributed by atoms with E-state index in [-0.39, 0.29) is 11.9 Å².